The molecule has 0 amide bonds. The summed E-state index contributed by atoms with van der Waals surface area (Å²) in [5.41, 5.74) is 1.13. The van der Waals surface area contributed by atoms with Crippen LogP contribution >= 0.6 is 24.0 Å². The van der Waals surface area contributed by atoms with Crippen LogP contribution in [0.5, 0.6) is 5.88 Å². The quantitative estimate of drug-likeness (QED) is 0.412. The third-order valence-electron chi connectivity index (χ3n) is 3.90. The molecule has 0 bridgehead atoms. The molecule has 0 radical (unpaired) electrons. The molecular formula is C17H29IN4O2. The number of halogens is 1. The molecule has 1 aliphatic heterocycles. The van der Waals surface area contributed by atoms with E-state index in [-0.39, 0.29) is 24.0 Å². The van der Waals surface area contributed by atoms with Gasteiger partial charge in [-0.25, -0.2) is 4.98 Å². The van der Waals surface area contributed by atoms with E-state index in [1.807, 2.05) is 26.1 Å². The van der Waals surface area contributed by atoms with E-state index < -0.39 is 0 Å². The first kappa shape index (κ1) is 21.0. The van der Waals surface area contributed by atoms with Crippen LogP contribution in [0.2, 0.25) is 0 Å². The topological polar surface area (TPSA) is 59.0 Å². The van der Waals surface area contributed by atoms with E-state index >= 15 is 0 Å². The van der Waals surface area contributed by atoms with Crippen molar-refractivity contribution >= 4 is 29.9 Å². The number of nitrogens with zero attached hydrogens (tertiary/aromatic N) is 3. The molecule has 2 heterocycles. The standard InChI is InChI=1S/C17H28N4O2.HI/c1-4-22-15-7-10-21(11-8-15)17(18-3)20-13-14-6-9-19-16(12-14)23-5-2;/h6,9,12,15H,4-5,7-8,10-11,13H2,1-3H3,(H,18,20);1H. The molecule has 1 fully saturated rings. The fourth-order valence-corrected chi connectivity index (χ4v) is 2.77. The van der Waals surface area contributed by atoms with Crippen LogP contribution in [0.1, 0.15) is 32.3 Å². The van der Waals surface area contributed by atoms with Gasteiger partial charge in [-0.1, -0.05) is 0 Å². The number of rotatable bonds is 6. The van der Waals surface area contributed by atoms with Crippen molar-refractivity contribution in [3.8, 4) is 5.88 Å². The van der Waals surface area contributed by atoms with E-state index in [4.69, 9.17) is 9.47 Å². The lowest BCUT2D eigenvalue weighted by atomic mass is 10.1. The van der Waals surface area contributed by atoms with E-state index in [0.717, 1.165) is 44.1 Å². The number of pyridine rings is 1. The summed E-state index contributed by atoms with van der Waals surface area (Å²) < 4.78 is 11.1. The molecule has 0 saturated carbocycles. The van der Waals surface area contributed by atoms with E-state index in [0.29, 0.717) is 25.1 Å². The Kier molecular flexibility index (Phi) is 10.0. The van der Waals surface area contributed by atoms with Crippen molar-refractivity contribution in [2.45, 2.75) is 39.3 Å². The minimum Gasteiger partial charge on any atom is -0.478 e. The van der Waals surface area contributed by atoms with Gasteiger partial charge >= 0.3 is 0 Å². The summed E-state index contributed by atoms with van der Waals surface area (Å²) in [6, 6.07) is 3.95. The van der Waals surface area contributed by atoms with Crippen molar-refractivity contribution in [1.29, 1.82) is 0 Å². The van der Waals surface area contributed by atoms with Crippen LogP contribution in [0.4, 0.5) is 0 Å². The van der Waals surface area contributed by atoms with Crippen LogP contribution in [0, 0.1) is 0 Å². The van der Waals surface area contributed by atoms with Gasteiger partial charge in [-0.15, -0.1) is 24.0 Å². The molecule has 0 aliphatic carbocycles. The summed E-state index contributed by atoms with van der Waals surface area (Å²) in [5, 5.41) is 3.42. The predicted molar refractivity (Wildman–Crippen MR) is 107 cm³/mol. The molecule has 0 aromatic carbocycles. The maximum Gasteiger partial charge on any atom is 0.213 e. The highest BCUT2D eigenvalue weighted by Crippen LogP contribution is 2.14. The first-order valence-electron chi connectivity index (χ1n) is 8.41. The predicted octanol–water partition coefficient (Wildman–Crippen LogP) is 2.67. The molecule has 0 spiro atoms. The zero-order valence-corrected chi connectivity index (χ0v) is 17.2. The number of piperidine rings is 1. The first-order chi connectivity index (χ1) is 11.3. The third-order valence-corrected chi connectivity index (χ3v) is 3.90. The SMILES string of the molecule is CCOc1cc(CNC(=NC)N2CCC(OCC)CC2)ccn1.I. The van der Waals surface area contributed by atoms with Crippen LogP contribution in [-0.4, -0.2) is 55.3 Å². The van der Waals surface area contributed by atoms with Gasteiger partial charge in [0.1, 0.15) is 0 Å². The first-order valence-corrected chi connectivity index (χ1v) is 8.41. The van der Waals surface area contributed by atoms with Gasteiger partial charge < -0.3 is 19.7 Å². The average Bonchev–Trinajstić information content (AvgIpc) is 2.58. The largest absolute Gasteiger partial charge is 0.478 e. The average molecular weight is 448 g/mol. The number of hydrogen-bond acceptors (Lipinski definition) is 4. The van der Waals surface area contributed by atoms with Gasteiger partial charge in [0.2, 0.25) is 5.88 Å². The van der Waals surface area contributed by atoms with Gasteiger partial charge in [0.25, 0.3) is 0 Å². The Morgan fingerprint density at radius 2 is 2.08 bits per heavy atom. The molecular weight excluding hydrogens is 419 g/mol. The maximum atomic E-state index is 5.70. The Bertz CT molecular complexity index is 505. The molecule has 0 atom stereocenters. The lowest BCUT2D eigenvalue weighted by Crippen LogP contribution is -2.46. The Morgan fingerprint density at radius 1 is 1.33 bits per heavy atom. The second-order valence-electron chi connectivity index (χ2n) is 5.48. The normalized spacial score (nSPS) is 15.8. The van der Waals surface area contributed by atoms with Crippen molar-refractivity contribution in [3.63, 3.8) is 0 Å². The summed E-state index contributed by atoms with van der Waals surface area (Å²) in [6.07, 6.45) is 4.28. The van der Waals surface area contributed by atoms with Gasteiger partial charge in [0.15, 0.2) is 5.96 Å². The molecule has 1 saturated heterocycles. The van der Waals surface area contributed by atoms with Gasteiger partial charge in [0.05, 0.1) is 12.7 Å². The Balaban J connectivity index is 0.00000288. The van der Waals surface area contributed by atoms with Crippen molar-refractivity contribution in [2.75, 3.05) is 33.4 Å². The van der Waals surface area contributed by atoms with Crippen LogP contribution in [0.15, 0.2) is 23.3 Å². The van der Waals surface area contributed by atoms with E-state index in [1.54, 1.807) is 6.20 Å². The molecule has 6 nitrogen and oxygen atoms in total. The Morgan fingerprint density at radius 3 is 2.71 bits per heavy atom. The van der Waals surface area contributed by atoms with Crippen LogP contribution in [-0.2, 0) is 11.3 Å². The molecule has 7 heteroatoms. The van der Waals surface area contributed by atoms with E-state index in [2.05, 4.69) is 27.1 Å². The van der Waals surface area contributed by atoms with Gasteiger partial charge in [-0.05, 0) is 38.3 Å². The lowest BCUT2D eigenvalue weighted by molar-refractivity contribution is 0.0263. The van der Waals surface area contributed by atoms with Gasteiger partial charge in [-0.3, -0.25) is 4.99 Å². The molecule has 1 aliphatic rings. The number of aromatic nitrogens is 1. The Labute approximate surface area is 162 Å². The second kappa shape index (κ2) is 11.5. The minimum atomic E-state index is 0. The number of aliphatic imine (C=N–C) groups is 1. The smallest absolute Gasteiger partial charge is 0.213 e. The molecule has 1 aromatic rings. The molecule has 2 rings (SSSR count). The summed E-state index contributed by atoms with van der Waals surface area (Å²) in [6.45, 7) is 8.09. The fourth-order valence-electron chi connectivity index (χ4n) is 2.77. The van der Waals surface area contributed by atoms with Crippen molar-refractivity contribution < 1.29 is 9.47 Å². The zero-order valence-electron chi connectivity index (χ0n) is 14.8. The van der Waals surface area contributed by atoms with Crippen molar-refractivity contribution in [2.24, 2.45) is 4.99 Å². The monoisotopic (exact) mass is 448 g/mol. The van der Waals surface area contributed by atoms with Gasteiger partial charge in [0, 0.05) is 45.6 Å². The Hall–Kier alpha value is -1.09. The van der Waals surface area contributed by atoms with Crippen molar-refractivity contribution in [1.82, 2.24) is 15.2 Å². The zero-order chi connectivity index (χ0) is 16.5. The summed E-state index contributed by atoms with van der Waals surface area (Å²) in [5.74, 6) is 1.61. The maximum absolute atomic E-state index is 5.70. The number of nitrogens with one attached hydrogen (secondary N) is 1. The molecule has 136 valence electrons. The lowest BCUT2D eigenvalue weighted by Gasteiger charge is -2.34. The van der Waals surface area contributed by atoms with E-state index in [1.165, 1.54) is 0 Å². The second-order valence-corrected chi connectivity index (χ2v) is 5.48. The summed E-state index contributed by atoms with van der Waals surface area (Å²) >= 11 is 0. The highest BCUT2D eigenvalue weighted by Gasteiger charge is 2.21. The third kappa shape index (κ3) is 6.43. The van der Waals surface area contributed by atoms with Crippen LogP contribution < -0.4 is 10.1 Å². The highest BCUT2D eigenvalue weighted by atomic mass is 127. The van der Waals surface area contributed by atoms with Gasteiger partial charge in [-0.2, -0.15) is 0 Å². The summed E-state index contributed by atoms with van der Waals surface area (Å²) in [7, 11) is 1.83. The number of ether oxygens (including phenoxy) is 2. The van der Waals surface area contributed by atoms with Crippen LogP contribution in [0.25, 0.3) is 0 Å². The highest BCUT2D eigenvalue weighted by molar-refractivity contribution is 14.0. The van der Waals surface area contributed by atoms with E-state index in [9.17, 15) is 0 Å². The molecule has 1 aromatic heterocycles. The van der Waals surface area contributed by atoms with Crippen LogP contribution in [0.3, 0.4) is 0 Å². The molecule has 24 heavy (non-hydrogen) atoms. The molecule has 0 unspecified atom stereocenters. The number of hydrogen-bond donors (Lipinski definition) is 1. The van der Waals surface area contributed by atoms with Crippen molar-refractivity contribution in [3.05, 3.63) is 23.9 Å². The minimum absolute atomic E-state index is 0. The fraction of sp³-hybridized carbons (Fsp3) is 0.647. The molecule has 1 N–H and O–H groups in total. The number of guanidine groups is 1. The summed E-state index contributed by atoms with van der Waals surface area (Å²) in [4.78, 5) is 10.9. The number of likely N-dealkylation sites (tertiary alicyclic amines) is 1.